The zero-order valence-corrected chi connectivity index (χ0v) is 11.3. The maximum atomic E-state index is 3.97. The summed E-state index contributed by atoms with van der Waals surface area (Å²) >= 11 is 0. The molecule has 15 heavy (non-hydrogen) atoms. The number of rotatable bonds is 7. The highest BCUT2D eigenvalue weighted by atomic mass is 15.0. The highest BCUT2D eigenvalue weighted by Crippen LogP contribution is 2.25. The van der Waals surface area contributed by atoms with E-state index in [2.05, 4.69) is 52.6 Å². The second-order valence-electron chi connectivity index (χ2n) is 5.92. The van der Waals surface area contributed by atoms with Crippen LogP contribution in [0.3, 0.4) is 0 Å². The van der Waals surface area contributed by atoms with Gasteiger partial charge in [0.1, 0.15) is 0 Å². The predicted octanol–water partition coefficient (Wildman–Crippen LogP) is 4.15. The topological polar surface area (TPSA) is 12.0 Å². The smallest absolute Gasteiger partial charge is 0.00968 e. The molecule has 1 heteroatoms. The molecule has 0 spiro atoms. The molecule has 90 valence electrons. The first-order valence-corrected chi connectivity index (χ1v) is 6.21. The maximum absolute atomic E-state index is 3.97. The zero-order valence-electron chi connectivity index (χ0n) is 11.3. The van der Waals surface area contributed by atoms with Crippen molar-refractivity contribution < 1.29 is 0 Å². The van der Waals surface area contributed by atoms with Gasteiger partial charge in [-0.2, -0.15) is 0 Å². The van der Waals surface area contributed by atoms with Crippen LogP contribution in [-0.4, -0.2) is 12.1 Å². The van der Waals surface area contributed by atoms with Crippen molar-refractivity contribution in [3.8, 4) is 0 Å². The van der Waals surface area contributed by atoms with E-state index in [1.165, 1.54) is 25.7 Å². The zero-order chi connectivity index (χ0) is 11.9. The Labute approximate surface area is 96.3 Å². The van der Waals surface area contributed by atoms with E-state index in [9.17, 15) is 0 Å². The molecule has 0 aromatic carbocycles. The molecule has 0 aliphatic carbocycles. The molecule has 1 nitrogen and oxygen atoms in total. The van der Waals surface area contributed by atoms with Crippen LogP contribution >= 0.6 is 0 Å². The SMILES string of the molecule is C=CC(C)(CCCCC)CNC(C)(C)C. The molecule has 0 heterocycles. The Morgan fingerprint density at radius 1 is 1.13 bits per heavy atom. The highest BCUT2D eigenvalue weighted by molar-refractivity contribution is 4.94. The van der Waals surface area contributed by atoms with Crippen LogP contribution < -0.4 is 5.32 Å². The third kappa shape index (κ3) is 7.61. The molecule has 1 unspecified atom stereocenters. The lowest BCUT2D eigenvalue weighted by atomic mass is 9.84. The third-order valence-corrected chi connectivity index (χ3v) is 2.87. The highest BCUT2D eigenvalue weighted by Gasteiger charge is 2.21. The molecule has 0 radical (unpaired) electrons. The first-order valence-electron chi connectivity index (χ1n) is 6.21. The quantitative estimate of drug-likeness (QED) is 0.493. The summed E-state index contributed by atoms with van der Waals surface area (Å²) in [6.07, 6.45) is 7.29. The minimum atomic E-state index is 0.203. The van der Waals surface area contributed by atoms with Gasteiger partial charge in [-0.25, -0.2) is 0 Å². The van der Waals surface area contributed by atoms with Gasteiger partial charge >= 0.3 is 0 Å². The van der Waals surface area contributed by atoms with Crippen molar-refractivity contribution in [3.63, 3.8) is 0 Å². The van der Waals surface area contributed by atoms with Crippen molar-refractivity contribution in [2.45, 2.75) is 65.8 Å². The molecule has 0 aliphatic heterocycles. The minimum absolute atomic E-state index is 0.203. The fourth-order valence-electron chi connectivity index (χ4n) is 1.51. The molecule has 1 N–H and O–H groups in total. The van der Waals surface area contributed by atoms with Crippen LogP contribution in [0.25, 0.3) is 0 Å². The summed E-state index contributed by atoms with van der Waals surface area (Å²) in [5.41, 5.74) is 0.456. The van der Waals surface area contributed by atoms with Gasteiger partial charge in [-0.3, -0.25) is 0 Å². The van der Waals surface area contributed by atoms with E-state index >= 15 is 0 Å². The molecule has 0 aliphatic rings. The van der Waals surface area contributed by atoms with Crippen LogP contribution in [0.1, 0.15) is 60.3 Å². The number of hydrogen-bond donors (Lipinski definition) is 1. The summed E-state index contributed by atoms with van der Waals surface area (Å²) in [5, 5.41) is 3.57. The lowest BCUT2D eigenvalue weighted by Crippen LogP contribution is -2.42. The second-order valence-corrected chi connectivity index (χ2v) is 5.92. The average Bonchev–Trinajstić information content (AvgIpc) is 2.14. The Kier molecular flexibility index (Phi) is 6.19. The summed E-state index contributed by atoms with van der Waals surface area (Å²) in [7, 11) is 0. The van der Waals surface area contributed by atoms with Crippen molar-refractivity contribution in [1.29, 1.82) is 0 Å². The normalized spacial score (nSPS) is 16.1. The third-order valence-electron chi connectivity index (χ3n) is 2.87. The van der Waals surface area contributed by atoms with Crippen molar-refractivity contribution in [1.82, 2.24) is 5.32 Å². The molecule has 0 fully saturated rings. The Balaban J connectivity index is 4.01. The van der Waals surface area contributed by atoms with Crippen LogP contribution in [-0.2, 0) is 0 Å². The van der Waals surface area contributed by atoms with Crippen LogP contribution in [0.4, 0.5) is 0 Å². The van der Waals surface area contributed by atoms with Crippen molar-refractivity contribution in [2.75, 3.05) is 6.54 Å². The molecule has 0 aromatic heterocycles. The van der Waals surface area contributed by atoms with Gasteiger partial charge in [0.25, 0.3) is 0 Å². The first kappa shape index (κ1) is 14.7. The first-order chi connectivity index (χ1) is 6.83. The molecule has 0 bridgehead atoms. The molecule has 0 saturated heterocycles. The largest absolute Gasteiger partial charge is 0.311 e. The van der Waals surface area contributed by atoms with E-state index in [1.54, 1.807) is 0 Å². The maximum Gasteiger partial charge on any atom is 0.00968 e. The van der Waals surface area contributed by atoms with Crippen LogP contribution in [0, 0.1) is 5.41 Å². The summed E-state index contributed by atoms with van der Waals surface area (Å²) in [4.78, 5) is 0. The van der Waals surface area contributed by atoms with E-state index in [0.29, 0.717) is 0 Å². The van der Waals surface area contributed by atoms with Crippen molar-refractivity contribution in [2.24, 2.45) is 5.41 Å². The van der Waals surface area contributed by atoms with E-state index < -0.39 is 0 Å². The van der Waals surface area contributed by atoms with Gasteiger partial charge < -0.3 is 5.32 Å². The van der Waals surface area contributed by atoms with Crippen molar-refractivity contribution >= 4 is 0 Å². The van der Waals surface area contributed by atoms with E-state index in [1.807, 2.05) is 0 Å². The molecule has 0 rings (SSSR count). The fourth-order valence-corrected chi connectivity index (χ4v) is 1.51. The Morgan fingerprint density at radius 3 is 2.13 bits per heavy atom. The molecule has 0 saturated carbocycles. The van der Waals surface area contributed by atoms with Gasteiger partial charge in [-0.15, -0.1) is 6.58 Å². The standard InChI is InChI=1S/C14H29N/c1-7-9-10-11-14(6,8-2)12-15-13(3,4)5/h8,15H,2,7,9-12H2,1,3-6H3. The van der Waals surface area contributed by atoms with Gasteiger partial charge in [-0.1, -0.05) is 39.2 Å². The Hall–Kier alpha value is -0.300. The predicted molar refractivity (Wildman–Crippen MR) is 70.2 cm³/mol. The van der Waals surface area contributed by atoms with E-state index in [4.69, 9.17) is 0 Å². The number of hydrogen-bond acceptors (Lipinski definition) is 1. The number of unbranched alkanes of at least 4 members (excludes halogenated alkanes) is 2. The van der Waals surface area contributed by atoms with Crippen LogP contribution in [0.2, 0.25) is 0 Å². The monoisotopic (exact) mass is 211 g/mol. The molecular weight excluding hydrogens is 182 g/mol. The van der Waals surface area contributed by atoms with Crippen LogP contribution in [0.5, 0.6) is 0 Å². The van der Waals surface area contributed by atoms with E-state index in [0.717, 1.165) is 6.54 Å². The van der Waals surface area contributed by atoms with E-state index in [-0.39, 0.29) is 11.0 Å². The summed E-state index contributed by atoms with van der Waals surface area (Å²) in [6, 6.07) is 0. The fraction of sp³-hybridized carbons (Fsp3) is 0.857. The van der Waals surface area contributed by atoms with Gasteiger partial charge in [0.15, 0.2) is 0 Å². The second kappa shape index (κ2) is 6.32. The van der Waals surface area contributed by atoms with Gasteiger partial charge in [0.2, 0.25) is 0 Å². The lowest BCUT2D eigenvalue weighted by Gasteiger charge is -2.31. The lowest BCUT2D eigenvalue weighted by molar-refractivity contribution is 0.300. The van der Waals surface area contributed by atoms with Gasteiger partial charge in [-0.05, 0) is 32.6 Å². The Bertz CT molecular complexity index is 178. The number of nitrogens with one attached hydrogen (secondary N) is 1. The van der Waals surface area contributed by atoms with Gasteiger partial charge in [0.05, 0.1) is 0 Å². The summed E-state index contributed by atoms with van der Waals surface area (Å²) < 4.78 is 0. The van der Waals surface area contributed by atoms with Gasteiger partial charge in [0, 0.05) is 12.1 Å². The molecule has 1 atom stereocenters. The van der Waals surface area contributed by atoms with Crippen LogP contribution in [0.15, 0.2) is 12.7 Å². The Morgan fingerprint density at radius 2 is 1.73 bits per heavy atom. The minimum Gasteiger partial charge on any atom is -0.311 e. The van der Waals surface area contributed by atoms with Crippen molar-refractivity contribution in [3.05, 3.63) is 12.7 Å². The summed E-state index contributed by atoms with van der Waals surface area (Å²) in [6.45, 7) is 16.2. The average molecular weight is 211 g/mol. The summed E-state index contributed by atoms with van der Waals surface area (Å²) in [5.74, 6) is 0. The molecular formula is C14H29N. The molecule has 0 aromatic rings. The molecule has 0 amide bonds.